The first-order valence-electron chi connectivity index (χ1n) is 5.44. The molecule has 2 rings (SSSR count). The number of nitrogen functional groups attached to an aromatic ring is 1. The van der Waals surface area contributed by atoms with Gasteiger partial charge in [-0.2, -0.15) is 0 Å². The largest absolute Gasteiger partial charge is 0.398 e. The number of hydrogen-bond donors (Lipinski definition) is 2. The third-order valence-electron chi connectivity index (χ3n) is 3.16. The molecule has 0 aliphatic carbocycles. The Morgan fingerprint density at radius 2 is 2.00 bits per heavy atom. The van der Waals surface area contributed by atoms with E-state index in [2.05, 4.69) is 5.32 Å². The molecule has 1 aromatic carbocycles. The minimum absolute atomic E-state index is 0.148. The molecular formula is C12H17FN2. The fourth-order valence-electron chi connectivity index (χ4n) is 2.17. The third kappa shape index (κ3) is 2.12. The molecule has 1 fully saturated rings. The molecule has 0 atom stereocenters. The average molecular weight is 208 g/mol. The van der Waals surface area contributed by atoms with Gasteiger partial charge in [0.05, 0.1) is 0 Å². The zero-order chi connectivity index (χ0) is 10.8. The molecule has 15 heavy (non-hydrogen) atoms. The molecule has 82 valence electrons. The number of aryl methyl sites for hydroxylation is 1. The molecule has 1 aliphatic heterocycles. The van der Waals surface area contributed by atoms with Gasteiger partial charge < -0.3 is 11.1 Å². The molecule has 1 aromatic rings. The summed E-state index contributed by atoms with van der Waals surface area (Å²) in [5.41, 5.74) is 8.03. The van der Waals surface area contributed by atoms with Crippen molar-refractivity contribution < 1.29 is 4.39 Å². The summed E-state index contributed by atoms with van der Waals surface area (Å²) in [6.45, 7) is 3.89. The van der Waals surface area contributed by atoms with Crippen LogP contribution in [-0.2, 0) is 0 Å². The molecule has 1 aliphatic rings. The molecule has 1 heterocycles. The lowest BCUT2D eigenvalue weighted by molar-refractivity contribution is 0.445. The second kappa shape index (κ2) is 4.19. The van der Waals surface area contributed by atoms with E-state index in [1.54, 1.807) is 0 Å². The topological polar surface area (TPSA) is 38.0 Å². The zero-order valence-electron chi connectivity index (χ0n) is 9.02. The van der Waals surface area contributed by atoms with Crippen LogP contribution in [0, 0.1) is 12.7 Å². The van der Waals surface area contributed by atoms with E-state index in [4.69, 9.17) is 5.73 Å². The van der Waals surface area contributed by atoms with Crippen molar-refractivity contribution in [3.63, 3.8) is 0 Å². The number of rotatable bonds is 1. The predicted octanol–water partition coefficient (Wildman–Crippen LogP) is 2.18. The Hall–Kier alpha value is -1.09. The van der Waals surface area contributed by atoms with Crippen molar-refractivity contribution in [1.29, 1.82) is 0 Å². The van der Waals surface area contributed by atoms with E-state index in [0.717, 1.165) is 37.1 Å². The Labute approximate surface area is 89.7 Å². The van der Waals surface area contributed by atoms with E-state index in [-0.39, 0.29) is 5.82 Å². The van der Waals surface area contributed by atoms with Crippen LogP contribution < -0.4 is 11.1 Å². The molecule has 3 N–H and O–H groups in total. The summed E-state index contributed by atoms with van der Waals surface area (Å²) in [4.78, 5) is 0. The van der Waals surface area contributed by atoms with Gasteiger partial charge in [-0.3, -0.25) is 0 Å². The molecular weight excluding hydrogens is 191 g/mol. The van der Waals surface area contributed by atoms with Gasteiger partial charge in [0, 0.05) is 5.69 Å². The van der Waals surface area contributed by atoms with E-state index in [0.29, 0.717) is 11.6 Å². The maximum absolute atomic E-state index is 13.7. The van der Waals surface area contributed by atoms with Crippen molar-refractivity contribution in [3.05, 3.63) is 29.1 Å². The van der Waals surface area contributed by atoms with Crippen molar-refractivity contribution in [2.24, 2.45) is 0 Å². The van der Waals surface area contributed by atoms with Crippen LogP contribution in [-0.4, -0.2) is 13.1 Å². The minimum atomic E-state index is -0.148. The molecule has 0 aromatic heterocycles. The first-order chi connectivity index (χ1) is 7.18. The SMILES string of the molecule is Cc1cc(C2CCNCC2)c(F)cc1N. The number of nitrogens with two attached hydrogens (primary N) is 1. The molecule has 0 amide bonds. The maximum Gasteiger partial charge on any atom is 0.128 e. The summed E-state index contributed by atoms with van der Waals surface area (Å²) < 4.78 is 13.7. The quantitative estimate of drug-likeness (QED) is 0.694. The van der Waals surface area contributed by atoms with E-state index >= 15 is 0 Å². The highest BCUT2D eigenvalue weighted by atomic mass is 19.1. The number of nitrogens with one attached hydrogen (secondary N) is 1. The number of hydrogen-bond acceptors (Lipinski definition) is 2. The predicted molar refractivity (Wildman–Crippen MR) is 60.4 cm³/mol. The van der Waals surface area contributed by atoms with Crippen molar-refractivity contribution in [1.82, 2.24) is 5.32 Å². The molecule has 0 bridgehead atoms. The molecule has 2 nitrogen and oxygen atoms in total. The van der Waals surface area contributed by atoms with Crippen LogP contribution in [0.25, 0.3) is 0 Å². The Morgan fingerprint density at radius 1 is 1.33 bits per heavy atom. The Balaban J connectivity index is 2.30. The van der Waals surface area contributed by atoms with Crippen molar-refractivity contribution in [2.75, 3.05) is 18.8 Å². The molecule has 1 saturated heterocycles. The smallest absolute Gasteiger partial charge is 0.128 e. The summed E-state index contributed by atoms with van der Waals surface area (Å²) in [6.07, 6.45) is 2.03. The standard InChI is InChI=1S/C12H17FN2/c1-8-6-10(11(13)7-12(8)14)9-2-4-15-5-3-9/h6-7,9,15H,2-5,14H2,1H3. The summed E-state index contributed by atoms with van der Waals surface area (Å²) in [7, 11) is 0. The van der Waals surface area contributed by atoms with E-state index in [9.17, 15) is 4.39 Å². The first kappa shape index (κ1) is 10.4. The van der Waals surface area contributed by atoms with Gasteiger partial charge in [-0.05, 0) is 56.0 Å². The monoisotopic (exact) mass is 208 g/mol. The van der Waals surface area contributed by atoms with Crippen LogP contribution in [0.15, 0.2) is 12.1 Å². The van der Waals surface area contributed by atoms with Gasteiger partial charge in [-0.25, -0.2) is 4.39 Å². The lowest BCUT2D eigenvalue weighted by Gasteiger charge is -2.24. The van der Waals surface area contributed by atoms with Gasteiger partial charge in [-0.1, -0.05) is 6.07 Å². The molecule has 0 radical (unpaired) electrons. The van der Waals surface area contributed by atoms with E-state index in [1.165, 1.54) is 6.07 Å². The van der Waals surface area contributed by atoms with Crippen molar-refractivity contribution in [2.45, 2.75) is 25.7 Å². The van der Waals surface area contributed by atoms with Crippen LogP contribution in [0.1, 0.15) is 29.9 Å². The number of halogens is 1. The lowest BCUT2D eigenvalue weighted by Crippen LogP contribution is -2.27. The molecule has 0 saturated carbocycles. The minimum Gasteiger partial charge on any atom is -0.398 e. The Morgan fingerprint density at radius 3 is 2.67 bits per heavy atom. The van der Waals surface area contributed by atoms with Crippen LogP contribution in [0.3, 0.4) is 0 Å². The molecule has 0 spiro atoms. The van der Waals surface area contributed by atoms with Gasteiger partial charge in [0.15, 0.2) is 0 Å². The third-order valence-corrected chi connectivity index (χ3v) is 3.16. The van der Waals surface area contributed by atoms with Crippen molar-refractivity contribution in [3.8, 4) is 0 Å². The maximum atomic E-state index is 13.7. The van der Waals surface area contributed by atoms with Gasteiger partial charge >= 0.3 is 0 Å². The number of anilines is 1. The summed E-state index contributed by atoms with van der Waals surface area (Å²) >= 11 is 0. The van der Waals surface area contributed by atoms with E-state index < -0.39 is 0 Å². The van der Waals surface area contributed by atoms with E-state index in [1.807, 2.05) is 13.0 Å². The van der Waals surface area contributed by atoms with Gasteiger partial charge in [0.1, 0.15) is 5.82 Å². The fourth-order valence-corrected chi connectivity index (χ4v) is 2.17. The second-order valence-corrected chi connectivity index (χ2v) is 4.25. The Kier molecular flexibility index (Phi) is 2.91. The second-order valence-electron chi connectivity index (χ2n) is 4.25. The van der Waals surface area contributed by atoms with Crippen LogP contribution in [0.5, 0.6) is 0 Å². The summed E-state index contributed by atoms with van der Waals surface area (Å²) in [5, 5.41) is 3.28. The van der Waals surface area contributed by atoms with Gasteiger partial charge in [-0.15, -0.1) is 0 Å². The summed E-state index contributed by atoms with van der Waals surface area (Å²) in [6, 6.07) is 3.35. The molecule has 3 heteroatoms. The normalized spacial score (nSPS) is 18.0. The zero-order valence-corrected chi connectivity index (χ0v) is 9.02. The average Bonchev–Trinajstić information content (AvgIpc) is 2.25. The number of piperidine rings is 1. The highest BCUT2D eigenvalue weighted by Crippen LogP contribution is 2.29. The lowest BCUT2D eigenvalue weighted by atomic mass is 9.89. The van der Waals surface area contributed by atoms with Crippen LogP contribution >= 0.6 is 0 Å². The van der Waals surface area contributed by atoms with Crippen LogP contribution in [0.2, 0.25) is 0 Å². The van der Waals surface area contributed by atoms with Gasteiger partial charge in [0.25, 0.3) is 0 Å². The number of benzene rings is 1. The van der Waals surface area contributed by atoms with Gasteiger partial charge in [0.2, 0.25) is 0 Å². The fraction of sp³-hybridized carbons (Fsp3) is 0.500. The van der Waals surface area contributed by atoms with Crippen LogP contribution in [0.4, 0.5) is 10.1 Å². The highest BCUT2D eigenvalue weighted by Gasteiger charge is 2.19. The van der Waals surface area contributed by atoms with Crippen molar-refractivity contribution >= 4 is 5.69 Å². The first-order valence-corrected chi connectivity index (χ1v) is 5.44. The highest BCUT2D eigenvalue weighted by molar-refractivity contribution is 5.49. The summed E-state index contributed by atoms with van der Waals surface area (Å²) in [5.74, 6) is 0.204. The molecule has 0 unspecified atom stereocenters. The Bertz CT molecular complexity index is 357.